The summed E-state index contributed by atoms with van der Waals surface area (Å²) >= 11 is 0. The predicted molar refractivity (Wildman–Crippen MR) is 178 cm³/mol. The summed E-state index contributed by atoms with van der Waals surface area (Å²) in [4.78, 5) is 40.3. The van der Waals surface area contributed by atoms with E-state index in [2.05, 4.69) is 39.0 Å². The Kier molecular flexibility index (Phi) is 8.02. The molecule has 45 heavy (non-hydrogen) atoms. The van der Waals surface area contributed by atoms with E-state index in [1.54, 1.807) is 4.57 Å². The molecule has 0 radical (unpaired) electrons. The first-order valence-electron chi connectivity index (χ1n) is 16.0. The lowest BCUT2D eigenvalue weighted by Crippen LogP contribution is -2.50. The van der Waals surface area contributed by atoms with Gasteiger partial charge in [0.1, 0.15) is 6.04 Å². The Morgan fingerprint density at radius 3 is 2.36 bits per heavy atom. The minimum Gasteiger partial charge on any atom is -0.343 e. The molecule has 2 aliphatic rings. The molecule has 2 aromatic heterocycles. The molecule has 8 heteroatoms. The molecule has 6 rings (SSSR count). The number of nitrogens with zero attached hydrogens (tertiary/aromatic N) is 2. The van der Waals surface area contributed by atoms with E-state index >= 15 is 0 Å². The van der Waals surface area contributed by atoms with Gasteiger partial charge >= 0.3 is 0 Å². The van der Waals surface area contributed by atoms with Gasteiger partial charge in [-0.2, -0.15) is 5.10 Å². The first-order chi connectivity index (χ1) is 21.4. The van der Waals surface area contributed by atoms with E-state index in [9.17, 15) is 14.4 Å². The Morgan fingerprint density at radius 2 is 1.71 bits per heavy atom. The zero-order valence-corrected chi connectivity index (χ0v) is 27.1. The van der Waals surface area contributed by atoms with Crippen molar-refractivity contribution in [2.24, 2.45) is 5.41 Å². The Balaban J connectivity index is 1.33. The van der Waals surface area contributed by atoms with Gasteiger partial charge in [0, 0.05) is 46.1 Å². The van der Waals surface area contributed by atoms with Crippen molar-refractivity contribution in [2.45, 2.75) is 91.6 Å². The number of hydrogen-bond donors (Lipinski definition) is 3. The van der Waals surface area contributed by atoms with E-state index in [0.29, 0.717) is 11.3 Å². The molecule has 3 N–H and O–H groups in total. The fourth-order valence-electron chi connectivity index (χ4n) is 6.64. The van der Waals surface area contributed by atoms with Crippen LogP contribution in [0.2, 0.25) is 0 Å². The van der Waals surface area contributed by atoms with Crippen molar-refractivity contribution in [1.29, 1.82) is 0 Å². The van der Waals surface area contributed by atoms with Gasteiger partial charge in [-0.25, -0.2) is 0 Å². The molecule has 0 spiro atoms. The van der Waals surface area contributed by atoms with E-state index in [0.717, 1.165) is 71.3 Å². The van der Waals surface area contributed by atoms with Gasteiger partial charge in [0.2, 0.25) is 11.8 Å². The zero-order valence-electron chi connectivity index (χ0n) is 27.1. The van der Waals surface area contributed by atoms with Gasteiger partial charge in [0.05, 0.1) is 5.69 Å². The Bertz CT molecular complexity index is 1810. The van der Waals surface area contributed by atoms with Crippen molar-refractivity contribution >= 4 is 17.5 Å². The summed E-state index contributed by atoms with van der Waals surface area (Å²) in [6.07, 6.45) is 6.23. The van der Waals surface area contributed by atoms with Crippen LogP contribution in [-0.2, 0) is 16.0 Å². The standard InChI is InChI=1S/C37H43N5O3/c1-21(2)42-20-28(18-22(3)35(42)44)27-11-10-25-8-7-9-30(31(25)19-27)33(39-36(45)37(6)16-17-37)34(43)38-29-14-12-26(13-15-29)32-23(4)40-41-24(32)5/h10-15,18-21,30,33H,7-9,16-17H2,1-6H3,(H,38,43)(H,39,45)(H,40,41)/t30-,33+/m1/s1. The highest BCUT2D eigenvalue weighted by Gasteiger charge is 2.47. The molecular formula is C37H43N5O3. The highest BCUT2D eigenvalue weighted by Crippen LogP contribution is 2.46. The number of carbonyl (C=O) groups is 2. The van der Waals surface area contributed by atoms with Crippen LogP contribution in [0.5, 0.6) is 0 Å². The van der Waals surface area contributed by atoms with Crippen LogP contribution < -0.4 is 16.2 Å². The maximum Gasteiger partial charge on any atom is 0.253 e. The molecule has 234 valence electrons. The number of anilines is 1. The number of nitrogens with one attached hydrogen (secondary N) is 3. The Labute approximate surface area is 264 Å². The number of aryl methyl sites for hydroxylation is 4. The second-order valence-corrected chi connectivity index (χ2v) is 13.5. The predicted octanol–water partition coefficient (Wildman–Crippen LogP) is 6.76. The lowest BCUT2D eigenvalue weighted by molar-refractivity contribution is -0.130. The van der Waals surface area contributed by atoms with E-state index in [1.165, 1.54) is 5.56 Å². The summed E-state index contributed by atoms with van der Waals surface area (Å²) in [5, 5.41) is 13.6. The minimum atomic E-state index is -0.728. The van der Waals surface area contributed by atoms with Crippen molar-refractivity contribution < 1.29 is 9.59 Å². The SMILES string of the molecule is Cc1n[nH]c(C)c1-c1ccc(NC(=O)[C@@H](NC(=O)C2(C)CC2)[C@@H]2CCCc3ccc(-c4cc(C)c(=O)n(C(C)C)c4)cc32)cc1. The average molecular weight is 606 g/mol. The van der Waals surface area contributed by atoms with Crippen LogP contribution in [0.25, 0.3) is 22.3 Å². The number of H-pyrrole nitrogens is 1. The first-order valence-corrected chi connectivity index (χ1v) is 16.0. The third-order valence-electron chi connectivity index (χ3n) is 9.71. The number of amides is 2. The van der Waals surface area contributed by atoms with Crippen LogP contribution in [0.4, 0.5) is 5.69 Å². The molecule has 0 saturated heterocycles. The monoisotopic (exact) mass is 605 g/mol. The first kappa shape index (κ1) is 30.6. The molecule has 2 aromatic carbocycles. The molecule has 2 heterocycles. The summed E-state index contributed by atoms with van der Waals surface area (Å²) in [5.74, 6) is -0.470. The van der Waals surface area contributed by atoms with E-state index in [1.807, 2.05) is 78.1 Å². The summed E-state index contributed by atoms with van der Waals surface area (Å²) in [6.45, 7) is 11.8. The fourth-order valence-corrected chi connectivity index (χ4v) is 6.64. The van der Waals surface area contributed by atoms with E-state index in [-0.39, 0.29) is 29.3 Å². The normalized spacial score (nSPS) is 17.4. The Hall–Kier alpha value is -4.46. The summed E-state index contributed by atoms with van der Waals surface area (Å²) < 4.78 is 1.77. The molecule has 1 fully saturated rings. The molecule has 0 aliphatic heterocycles. The lowest BCUT2D eigenvalue weighted by Gasteiger charge is -2.33. The van der Waals surface area contributed by atoms with Crippen molar-refractivity contribution in [1.82, 2.24) is 20.1 Å². The molecule has 0 unspecified atom stereocenters. The second-order valence-electron chi connectivity index (χ2n) is 13.5. The fraction of sp³-hybridized carbons (Fsp3) is 0.405. The molecule has 4 aromatic rings. The van der Waals surface area contributed by atoms with Crippen molar-refractivity contribution in [3.8, 4) is 22.3 Å². The number of rotatable bonds is 8. The summed E-state index contributed by atoms with van der Waals surface area (Å²) in [6, 6.07) is 15.4. The topological polar surface area (TPSA) is 109 Å². The second kappa shape index (κ2) is 11.8. The van der Waals surface area contributed by atoms with Gasteiger partial charge in [-0.3, -0.25) is 19.5 Å². The lowest BCUT2D eigenvalue weighted by atomic mass is 9.77. The summed E-state index contributed by atoms with van der Waals surface area (Å²) in [5.41, 5.74) is 9.22. The van der Waals surface area contributed by atoms with Gasteiger partial charge in [-0.15, -0.1) is 0 Å². The van der Waals surface area contributed by atoms with Crippen LogP contribution in [0, 0.1) is 26.2 Å². The highest BCUT2D eigenvalue weighted by atomic mass is 16.2. The van der Waals surface area contributed by atoms with Crippen LogP contribution in [0.15, 0.2) is 59.5 Å². The third-order valence-corrected chi connectivity index (χ3v) is 9.71. The number of fused-ring (bicyclic) bond motifs is 1. The zero-order chi connectivity index (χ0) is 32.0. The molecular weight excluding hydrogens is 562 g/mol. The number of hydrogen-bond acceptors (Lipinski definition) is 4. The van der Waals surface area contributed by atoms with Gasteiger partial charge in [0.15, 0.2) is 0 Å². The van der Waals surface area contributed by atoms with Crippen LogP contribution in [0.3, 0.4) is 0 Å². The largest absolute Gasteiger partial charge is 0.343 e. The van der Waals surface area contributed by atoms with Gasteiger partial charge in [-0.1, -0.05) is 37.3 Å². The number of aromatic nitrogens is 3. The van der Waals surface area contributed by atoms with Crippen LogP contribution in [0.1, 0.15) is 86.5 Å². The third kappa shape index (κ3) is 5.98. The summed E-state index contributed by atoms with van der Waals surface area (Å²) in [7, 11) is 0. The van der Waals surface area contributed by atoms with E-state index in [4.69, 9.17) is 0 Å². The quantitative estimate of drug-likeness (QED) is 0.206. The van der Waals surface area contributed by atoms with E-state index < -0.39 is 11.5 Å². The number of aromatic amines is 1. The van der Waals surface area contributed by atoms with Gasteiger partial charge < -0.3 is 15.2 Å². The van der Waals surface area contributed by atoms with Crippen molar-refractivity contribution in [3.05, 3.63) is 93.2 Å². The van der Waals surface area contributed by atoms with Crippen molar-refractivity contribution in [2.75, 3.05) is 5.32 Å². The van der Waals surface area contributed by atoms with Crippen LogP contribution >= 0.6 is 0 Å². The average Bonchev–Trinajstić information content (AvgIpc) is 3.69. The molecule has 1 saturated carbocycles. The maximum absolute atomic E-state index is 14.1. The molecule has 2 aliphatic carbocycles. The smallest absolute Gasteiger partial charge is 0.253 e. The molecule has 0 bridgehead atoms. The number of benzene rings is 2. The van der Waals surface area contributed by atoms with Gasteiger partial charge in [0.25, 0.3) is 5.56 Å². The molecule has 2 amide bonds. The Morgan fingerprint density at radius 1 is 1.00 bits per heavy atom. The number of carbonyl (C=O) groups excluding carboxylic acids is 2. The van der Waals surface area contributed by atoms with Crippen LogP contribution in [-0.4, -0.2) is 32.6 Å². The van der Waals surface area contributed by atoms with Crippen molar-refractivity contribution in [3.63, 3.8) is 0 Å². The molecule has 2 atom stereocenters. The number of pyridine rings is 1. The minimum absolute atomic E-state index is 0.0145. The van der Waals surface area contributed by atoms with Gasteiger partial charge in [-0.05, 0) is 113 Å². The molecule has 8 nitrogen and oxygen atoms in total. The maximum atomic E-state index is 14.1. The highest BCUT2D eigenvalue weighted by molar-refractivity contribution is 5.99.